The van der Waals surface area contributed by atoms with Gasteiger partial charge in [-0.3, -0.25) is 4.79 Å². The third kappa shape index (κ3) is 3.63. The molecule has 0 unspecified atom stereocenters. The molecule has 0 saturated heterocycles. The van der Waals surface area contributed by atoms with Crippen LogP contribution in [0.2, 0.25) is 5.02 Å². The lowest BCUT2D eigenvalue weighted by atomic mass is 10.1. The lowest BCUT2D eigenvalue weighted by Crippen LogP contribution is -2.24. The summed E-state index contributed by atoms with van der Waals surface area (Å²) in [4.78, 5) is 12.6. The highest BCUT2D eigenvalue weighted by Crippen LogP contribution is 2.24. The quantitative estimate of drug-likeness (QED) is 0.587. The van der Waals surface area contributed by atoms with Crippen LogP contribution >= 0.6 is 11.6 Å². The molecule has 1 N–H and O–H groups in total. The first-order valence-electron chi connectivity index (χ1n) is 8.10. The zero-order valence-corrected chi connectivity index (χ0v) is 14.7. The number of halogens is 2. The number of hydrogen-bond acceptors (Lipinski definition) is 4. The van der Waals surface area contributed by atoms with Crippen molar-refractivity contribution in [3.05, 3.63) is 83.0 Å². The number of amides is 1. The average Bonchev–Trinajstić information content (AvgIpc) is 3.16. The standard InChI is InChI=1S/C19H13ClFN5O/c20-14-5-1-12(2-6-14)10-22-19(27)17-9-16(13-3-7-15(21)8-4-13)18-24-23-11-26(18)25-17/h1-9,11H,10H2,(H,22,27). The van der Waals surface area contributed by atoms with E-state index >= 15 is 0 Å². The molecule has 0 spiro atoms. The molecule has 0 atom stereocenters. The molecule has 4 aromatic rings. The molecule has 0 bridgehead atoms. The van der Waals surface area contributed by atoms with E-state index in [0.717, 1.165) is 5.56 Å². The van der Waals surface area contributed by atoms with E-state index in [1.165, 1.54) is 23.0 Å². The predicted molar refractivity (Wildman–Crippen MR) is 98.8 cm³/mol. The van der Waals surface area contributed by atoms with Crippen molar-refractivity contribution >= 4 is 23.2 Å². The summed E-state index contributed by atoms with van der Waals surface area (Å²) in [5.41, 5.74) is 2.95. The minimum absolute atomic E-state index is 0.204. The maximum Gasteiger partial charge on any atom is 0.272 e. The maximum atomic E-state index is 13.2. The molecule has 6 nitrogen and oxygen atoms in total. The van der Waals surface area contributed by atoms with Crippen molar-refractivity contribution < 1.29 is 9.18 Å². The van der Waals surface area contributed by atoms with Gasteiger partial charge < -0.3 is 5.32 Å². The second kappa shape index (κ2) is 7.13. The van der Waals surface area contributed by atoms with Crippen LogP contribution < -0.4 is 5.32 Å². The van der Waals surface area contributed by atoms with E-state index in [1.807, 2.05) is 12.1 Å². The molecule has 2 heterocycles. The smallest absolute Gasteiger partial charge is 0.272 e. The van der Waals surface area contributed by atoms with E-state index in [9.17, 15) is 9.18 Å². The Kier molecular flexibility index (Phi) is 4.52. The Balaban J connectivity index is 1.64. The fourth-order valence-corrected chi connectivity index (χ4v) is 2.78. The van der Waals surface area contributed by atoms with E-state index in [4.69, 9.17) is 11.6 Å². The average molecular weight is 382 g/mol. The molecule has 134 valence electrons. The summed E-state index contributed by atoms with van der Waals surface area (Å²) in [6.45, 7) is 0.337. The maximum absolute atomic E-state index is 13.2. The Morgan fingerprint density at radius 2 is 1.85 bits per heavy atom. The fraction of sp³-hybridized carbons (Fsp3) is 0.0526. The second-order valence-corrected chi connectivity index (χ2v) is 6.29. The fourth-order valence-electron chi connectivity index (χ4n) is 2.65. The van der Waals surface area contributed by atoms with Gasteiger partial charge in [0, 0.05) is 17.1 Å². The number of aromatic nitrogens is 4. The summed E-state index contributed by atoms with van der Waals surface area (Å²) in [6, 6.07) is 14.8. The lowest BCUT2D eigenvalue weighted by molar-refractivity contribution is 0.0944. The molecular formula is C19H13ClFN5O. The molecular weight excluding hydrogens is 369 g/mol. The zero-order chi connectivity index (χ0) is 18.8. The number of carbonyl (C=O) groups is 1. The molecule has 2 aromatic carbocycles. The molecule has 1 amide bonds. The minimum atomic E-state index is -0.344. The van der Waals surface area contributed by atoms with E-state index in [2.05, 4.69) is 20.6 Å². The number of benzene rings is 2. The number of rotatable bonds is 4. The Morgan fingerprint density at radius 3 is 2.59 bits per heavy atom. The van der Waals surface area contributed by atoms with Gasteiger partial charge in [0.2, 0.25) is 0 Å². The van der Waals surface area contributed by atoms with E-state index in [-0.39, 0.29) is 17.4 Å². The molecule has 4 rings (SSSR count). The zero-order valence-electron chi connectivity index (χ0n) is 13.9. The number of nitrogens with zero attached hydrogens (tertiary/aromatic N) is 4. The van der Waals surface area contributed by atoms with Gasteiger partial charge >= 0.3 is 0 Å². The predicted octanol–water partition coefficient (Wildman–Crippen LogP) is 3.51. The van der Waals surface area contributed by atoms with Crippen molar-refractivity contribution in [2.75, 3.05) is 0 Å². The SMILES string of the molecule is O=C(NCc1ccc(Cl)cc1)c1cc(-c2ccc(F)cc2)c2nncn2n1. The van der Waals surface area contributed by atoms with Gasteiger partial charge in [-0.25, -0.2) is 4.39 Å². The van der Waals surface area contributed by atoms with Crippen molar-refractivity contribution in [1.82, 2.24) is 25.1 Å². The summed E-state index contributed by atoms with van der Waals surface area (Å²) in [7, 11) is 0. The molecule has 0 aliphatic carbocycles. The topological polar surface area (TPSA) is 72.2 Å². The van der Waals surface area contributed by atoms with Crippen LogP contribution in [0.25, 0.3) is 16.8 Å². The third-order valence-corrected chi connectivity index (χ3v) is 4.27. The molecule has 0 saturated carbocycles. The van der Waals surface area contributed by atoms with Gasteiger partial charge in [-0.05, 0) is 41.5 Å². The first-order valence-corrected chi connectivity index (χ1v) is 8.47. The van der Waals surface area contributed by atoms with E-state index < -0.39 is 0 Å². The Hall–Kier alpha value is -3.32. The molecule has 0 aliphatic heterocycles. The van der Waals surface area contributed by atoms with Crippen LogP contribution in [0, 0.1) is 5.82 Å². The van der Waals surface area contributed by atoms with Gasteiger partial charge in [-0.2, -0.15) is 9.61 Å². The lowest BCUT2D eigenvalue weighted by Gasteiger charge is -2.08. The molecule has 8 heteroatoms. The van der Waals surface area contributed by atoms with Gasteiger partial charge in [0.1, 0.15) is 17.8 Å². The monoisotopic (exact) mass is 381 g/mol. The number of hydrogen-bond donors (Lipinski definition) is 1. The van der Waals surface area contributed by atoms with Crippen LogP contribution in [0.15, 0.2) is 60.9 Å². The molecule has 2 aromatic heterocycles. The summed E-state index contributed by atoms with van der Waals surface area (Å²) < 4.78 is 14.7. The summed E-state index contributed by atoms with van der Waals surface area (Å²) in [6.07, 6.45) is 1.42. The second-order valence-electron chi connectivity index (χ2n) is 5.86. The normalized spacial score (nSPS) is 10.9. The third-order valence-electron chi connectivity index (χ3n) is 4.02. The Bertz CT molecular complexity index is 1110. The minimum Gasteiger partial charge on any atom is -0.347 e. The first kappa shape index (κ1) is 17.1. The number of fused-ring (bicyclic) bond motifs is 1. The van der Waals surface area contributed by atoms with Gasteiger partial charge in [-0.15, -0.1) is 10.2 Å². The van der Waals surface area contributed by atoms with Crippen LogP contribution in [0.5, 0.6) is 0 Å². The Morgan fingerprint density at radius 1 is 1.11 bits per heavy atom. The van der Waals surface area contributed by atoms with Crippen LogP contribution in [-0.4, -0.2) is 25.7 Å². The summed E-state index contributed by atoms with van der Waals surface area (Å²) in [5.74, 6) is -0.685. The van der Waals surface area contributed by atoms with Crippen molar-refractivity contribution in [2.45, 2.75) is 6.54 Å². The van der Waals surface area contributed by atoms with Gasteiger partial charge in [-0.1, -0.05) is 35.9 Å². The van der Waals surface area contributed by atoms with E-state index in [0.29, 0.717) is 28.3 Å². The summed E-state index contributed by atoms with van der Waals surface area (Å²) in [5, 5.41) is 15.6. The molecule has 27 heavy (non-hydrogen) atoms. The van der Waals surface area contributed by atoms with Crippen molar-refractivity contribution in [3.8, 4) is 11.1 Å². The van der Waals surface area contributed by atoms with Crippen LogP contribution in [-0.2, 0) is 6.54 Å². The Labute approximate surface area is 158 Å². The van der Waals surface area contributed by atoms with Crippen LogP contribution in [0.3, 0.4) is 0 Å². The van der Waals surface area contributed by atoms with Crippen molar-refractivity contribution in [3.63, 3.8) is 0 Å². The van der Waals surface area contributed by atoms with Gasteiger partial charge in [0.25, 0.3) is 5.91 Å². The highest BCUT2D eigenvalue weighted by Gasteiger charge is 2.15. The highest BCUT2D eigenvalue weighted by atomic mass is 35.5. The van der Waals surface area contributed by atoms with E-state index in [1.54, 1.807) is 30.3 Å². The van der Waals surface area contributed by atoms with Gasteiger partial charge in [0.05, 0.1) is 0 Å². The first-order chi connectivity index (χ1) is 13.1. The van der Waals surface area contributed by atoms with Crippen LogP contribution in [0.4, 0.5) is 4.39 Å². The molecule has 0 fully saturated rings. The number of carbonyl (C=O) groups excluding carboxylic acids is 1. The van der Waals surface area contributed by atoms with Crippen LogP contribution in [0.1, 0.15) is 16.1 Å². The van der Waals surface area contributed by atoms with Crippen molar-refractivity contribution in [1.29, 1.82) is 0 Å². The molecule has 0 radical (unpaired) electrons. The largest absolute Gasteiger partial charge is 0.347 e. The van der Waals surface area contributed by atoms with Crippen molar-refractivity contribution in [2.24, 2.45) is 0 Å². The van der Waals surface area contributed by atoms with Gasteiger partial charge in [0.15, 0.2) is 5.65 Å². The highest BCUT2D eigenvalue weighted by molar-refractivity contribution is 6.30. The number of nitrogens with one attached hydrogen (secondary N) is 1. The molecule has 0 aliphatic rings. The summed E-state index contributed by atoms with van der Waals surface area (Å²) >= 11 is 5.86.